The van der Waals surface area contributed by atoms with Crippen LogP contribution >= 0.6 is 0 Å². The van der Waals surface area contributed by atoms with E-state index in [-0.39, 0.29) is 125 Å². The molecule has 378 valence electrons. The SMILES string of the molecule is C=COC(=O)CCCCOc1ccc(-c2noc(-c3cc(-c4nc(-c5ccc(OCCCCC(=O)OC=C)cc5F)no4)cc(-c4nc(-c5ccc(OOCCCCOC(=O)C=C)cc5F)no4)c3)n2)c(F)c1. The maximum absolute atomic E-state index is 15.5. The van der Waals surface area contributed by atoms with Crippen LogP contribution in [0.2, 0.25) is 0 Å². The summed E-state index contributed by atoms with van der Waals surface area (Å²) in [5, 5.41) is 12.0. The number of unbranched alkanes of at least 4 members (excludes halogenated alkanes) is 3. The Balaban J connectivity index is 1.10. The lowest BCUT2D eigenvalue weighted by atomic mass is 10.0. The first-order valence-electron chi connectivity index (χ1n) is 22.5. The highest BCUT2D eigenvalue weighted by atomic mass is 19.1. The van der Waals surface area contributed by atoms with Crippen LogP contribution in [0.15, 0.2) is 125 Å². The molecule has 0 aliphatic heterocycles. The van der Waals surface area contributed by atoms with Gasteiger partial charge in [-0.25, -0.2) is 18.0 Å². The molecule has 19 nitrogen and oxygen atoms in total. The van der Waals surface area contributed by atoms with Crippen molar-refractivity contribution in [2.45, 2.75) is 51.4 Å². The fraction of sp³-hybridized carbons (Fsp3) is 0.235. The minimum absolute atomic E-state index is 0.00738. The minimum Gasteiger partial charge on any atom is -0.493 e. The second kappa shape index (κ2) is 25.8. The van der Waals surface area contributed by atoms with Crippen molar-refractivity contribution in [2.75, 3.05) is 26.4 Å². The van der Waals surface area contributed by atoms with Crippen molar-refractivity contribution in [3.8, 4) is 85.8 Å². The van der Waals surface area contributed by atoms with Crippen LogP contribution in [0.1, 0.15) is 51.4 Å². The molecule has 3 aromatic heterocycles. The van der Waals surface area contributed by atoms with E-state index in [1.165, 1.54) is 48.5 Å². The summed E-state index contributed by atoms with van der Waals surface area (Å²) in [6.45, 7) is 10.8. The van der Waals surface area contributed by atoms with Gasteiger partial charge in [-0.2, -0.15) is 19.8 Å². The molecule has 0 atom stereocenters. The molecule has 7 rings (SSSR count). The number of carbonyl (C=O) groups excluding carboxylic acids is 3. The number of aromatic nitrogens is 6. The number of hydrogen-bond acceptors (Lipinski definition) is 19. The van der Waals surface area contributed by atoms with Crippen LogP contribution in [0, 0.1) is 17.5 Å². The number of nitrogens with zero attached hydrogens (tertiary/aromatic N) is 6. The van der Waals surface area contributed by atoms with E-state index >= 15 is 13.2 Å². The third-order valence-corrected chi connectivity index (χ3v) is 10.2. The van der Waals surface area contributed by atoms with E-state index in [0.29, 0.717) is 38.5 Å². The van der Waals surface area contributed by atoms with Gasteiger partial charge in [0.05, 0.1) is 55.6 Å². The van der Waals surface area contributed by atoms with E-state index in [1.807, 2.05) is 0 Å². The number of carbonyl (C=O) groups is 3. The molecular weight excluding hydrogens is 962 g/mol. The van der Waals surface area contributed by atoms with Gasteiger partial charge in [-0.05, 0) is 93.1 Å². The highest BCUT2D eigenvalue weighted by Crippen LogP contribution is 2.35. The van der Waals surface area contributed by atoms with Crippen molar-refractivity contribution in [2.24, 2.45) is 0 Å². The molecule has 3 heterocycles. The molecule has 0 aliphatic carbocycles. The molecule has 0 unspecified atom stereocenters. The number of esters is 3. The van der Waals surface area contributed by atoms with E-state index in [1.54, 1.807) is 18.2 Å². The van der Waals surface area contributed by atoms with Gasteiger partial charge in [0.15, 0.2) is 5.75 Å². The summed E-state index contributed by atoms with van der Waals surface area (Å²) in [6, 6.07) is 16.8. The van der Waals surface area contributed by atoms with Gasteiger partial charge in [-0.1, -0.05) is 35.2 Å². The summed E-state index contributed by atoms with van der Waals surface area (Å²) in [4.78, 5) is 57.9. The van der Waals surface area contributed by atoms with Gasteiger partial charge in [0.25, 0.3) is 17.7 Å². The molecule has 73 heavy (non-hydrogen) atoms. The Morgan fingerprint density at radius 2 is 0.904 bits per heavy atom. The second-order valence-corrected chi connectivity index (χ2v) is 15.4. The van der Waals surface area contributed by atoms with Crippen LogP contribution in [0.25, 0.3) is 68.5 Å². The van der Waals surface area contributed by atoms with E-state index < -0.39 is 35.4 Å². The Bertz CT molecular complexity index is 2930. The smallest absolute Gasteiger partial charge is 0.330 e. The molecule has 0 amide bonds. The lowest BCUT2D eigenvalue weighted by molar-refractivity contribution is -0.207. The van der Waals surface area contributed by atoms with Crippen LogP contribution in [0.4, 0.5) is 13.2 Å². The molecule has 0 aliphatic rings. The van der Waals surface area contributed by atoms with Crippen LogP contribution in [-0.4, -0.2) is 74.8 Å². The lowest BCUT2D eigenvalue weighted by Crippen LogP contribution is -2.04. The quantitative estimate of drug-likeness (QED) is 0.00844. The normalized spacial score (nSPS) is 10.9. The van der Waals surface area contributed by atoms with Gasteiger partial charge in [0, 0.05) is 53.8 Å². The molecule has 0 fully saturated rings. The summed E-state index contributed by atoms with van der Waals surface area (Å²) >= 11 is 0. The fourth-order valence-electron chi connectivity index (χ4n) is 6.64. The van der Waals surface area contributed by atoms with Crippen molar-refractivity contribution >= 4 is 17.9 Å². The maximum Gasteiger partial charge on any atom is 0.330 e. The number of hydrogen-bond donors (Lipinski definition) is 0. The van der Waals surface area contributed by atoms with Crippen LogP contribution < -0.4 is 14.4 Å². The van der Waals surface area contributed by atoms with Crippen molar-refractivity contribution < 1.29 is 74.6 Å². The molecule has 0 saturated heterocycles. The van der Waals surface area contributed by atoms with E-state index in [0.717, 1.165) is 24.7 Å². The Kier molecular flexibility index (Phi) is 18.3. The zero-order valence-electron chi connectivity index (χ0n) is 38.9. The molecule has 0 N–H and O–H groups in total. The number of ether oxygens (including phenoxy) is 5. The van der Waals surface area contributed by atoms with Gasteiger partial charge >= 0.3 is 17.9 Å². The van der Waals surface area contributed by atoms with Gasteiger partial charge in [0.2, 0.25) is 17.5 Å². The third kappa shape index (κ3) is 14.6. The van der Waals surface area contributed by atoms with Crippen molar-refractivity contribution in [1.29, 1.82) is 0 Å². The van der Waals surface area contributed by atoms with E-state index in [4.69, 9.17) is 47.0 Å². The Morgan fingerprint density at radius 1 is 0.507 bits per heavy atom. The predicted octanol–water partition coefficient (Wildman–Crippen LogP) is 10.5. The lowest BCUT2D eigenvalue weighted by Gasteiger charge is -2.07. The van der Waals surface area contributed by atoms with E-state index in [9.17, 15) is 14.4 Å². The van der Waals surface area contributed by atoms with Gasteiger partial charge in [-0.15, -0.1) is 0 Å². The van der Waals surface area contributed by atoms with E-state index in [2.05, 4.69) is 50.2 Å². The van der Waals surface area contributed by atoms with Crippen molar-refractivity contribution in [3.63, 3.8) is 0 Å². The minimum atomic E-state index is -0.763. The van der Waals surface area contributed by atoms with Gasteiger partial charge in [0.1, 0.15) is 29.0 Å². The summed E-state index contributed by atoms with van der Waals surface area (Å²) in [6.07, 6.45) is 6.56. The van der Waals surface area contributed by atoms with Crippen LogP contribution in [-0.2, 0) is 33.5 Å². The maximum atomic E-state index is 15.5. The monoisotopic (exact) mass is 1010 g/mol. The van der Waals surface area contributed by atoms with Crippen molar-refractivity contribution in [1.82, 2.24) is 30.4 Å². The van der Waals surface area contributed by atoms with Gasteiger partial charge < -0.3 is 42.1 Å². The average Bonchev–Trinajstić information content (AvgIpc) is 4.19. The average molecular weight is 1010 g/mol. The molecule has 4 aromatic carbocycles. The predicted molar refractivity (Wildman–Crippen MR) is 251 cm³/mol. The fourth-order valence-corrected chi connectivity index (χ4v) is 6.64. The first kappa shape index (κ1) is 51.9. The molecule has 0 saturated carbocycles. The standard InChI is InChI=1S/C51H45F3N6O13/c1-4-43(61)68-23-11-12-24-69-73-36-17-20-39(42(54)30-36)48-57-51(72-60-48)33-26-31(49-55-46(58-70-49)37-18-15-34(28-40(37)52)66-21-9-7-13-44(62)64-5-2)25-32(27-33)50-56-47(59-71-50)38-19-16-35(29-41(38)53)67-22-10-8-14-45(63)65-6-3/h4-6,15-20,25-30H,1-3,7-14,21-24H2. The zero-order chi connectivity index (χ0) is 51.5. The molecule has 0 bridgehead atoms. The Morgan fingerprint density at radius 3 is 1.32 bits per heavy atom. The first-order valence-corrected chi connectivity index (χ1v) is 22.5. The zero-order valence-corrected chi connectivity index (χ0v) is 38.9. The van der Waals surface area contributed by atoms with Gasteiger partial charge in [-0.3, -0.25) is 9.59 Å². The van der Waals surface area contributed by atoms with Crippen molar-refractivity contribution in [3.05, 3.63) is 129 Å². The summed E-state index contributed by atoms with van der Waals surface area (Å²) in [5.74, 6) is -3.64. The molecular formula is C51H45F3N6O13. The second-order valence-electron chi connectivity index (χ2n) is 15.4. The highest BCUT2D eigenvalue weighted by molar-refractivity contribution is 5.81. The number of halogens is 3. The Labute approximate surface area is 414 Å². The first-order chi connectivity index (χ1) is 35.5. The molecule has 0 spiro atoms. The molecule has 22 heteroatoms. The molecule has 0 radical (unpaired) electrons. The third-order valence-electron chi connectivity index (χ3n) is 10.2. The largest absolute Gasteiger partial charge is 0.493 e. The highest BCUT2D eigenvalue weighted by Gasteiger charge is 2.23. The topological polar surface area (TPSA) is 233 Å². The summed E-state index contributed by atoms with van der Waals surface area (Å²) in [7, 11) is 0. The number of benzene rings is 4. The molecule has 7 aromatic rings. The number of rotatable bonds is 28. The Hall–Kier alpha value is -8.92. The van der Waals surface area contributed by atoms with Crippen LogP contribution in [0.5, 0.6) is 17.2 Å². The van der Waals surface area contributed by atoms with Crippen LogP contribution in [0.3, 0.4) is 0 Å². The summed E-state index contributed by atoms with van der Waals surface area (Å²) < 4.78 is 88.9. The summed E-state index contributed by atoms with van der Waals surface area (Å²) in [5.41, 5.74) is 0.644.